The van der Waals surface area contributed by atoms with Gasteiger partial charge in [-0.1, -0.05) is 35.9 Å². The van der Waals surface area contributed by atoms with Crippen molar-refractivity contribution in [2.75, 3.05) is 24.5 Å². The molecule has 5 heteroatoms. The van der Waals surface area contributed by atoms with Crippen molar-refractivity contribution in [2.45, 2.75) is 19.4 Å². The number of pyridine rings is 1. The lowest BCUT2D eigenvalue weighted by atomic mass is 9.98. The summed E-state index contributed by atoms with van der Waals surface area (Å²) in [5.74, 6) is 1.09. The lowest BCUT2D eigenvalue weighted by molar-refractivity contribution is -0.135. The summed E-state index contributed by atoms with van der Waals surface area (Å²) in [5.41, 5.74) is 2.65. The molecular weight excluding hydrogens is 322 g/mol. The molecule has 1 amide bonds. The second-order valence-electron chi connectivity index (χ2n) is 6.52. The Kier molecular flexibility index (Phi) is 4.15. The van der Waals surface area contributed by atoms with E-state index in [1.807, 2.05) is 23.1 Å². The molecule has 124 valence electrons. The Hall–Kier alpha value is -2.07. The summed E-state index contributed by atoms with van der Waals surface area (Å²) in [6, 6.07) is 12.1. The fourth-order valence-electron chi connectivity index (χ4n) is 3.71. The van der Waals surface area contributed by atoms with Crippen LogP contribution in [0.25, 0.3) is 0 Å². The van der Waals surface area contributed by atoms with Gasteiger partial charge in [0.2, 0.25) is 5.91 Å². The first kappa shape index (κ1) is 15.5. The van der Waals surface area contributed by atoms with Crippen LogP contribution in [-0.2, 0) is 17.8 Å². The summed E-state index contributed by atoms with van der Waals surface area (Å²) < 4.78 is 0. The van der Waals surface area contributed by atoms with Crippen LogP contribution in [0.4, 0.5) is 5.82 Å². The Morgan fingerprint density at radius 2 is 1.96 bits per heavy atom. The number of carbonyl (C=O) groups is 1. The molecule has 0 aliphatic carbocycles. The van der Waals surface area contributed by atoms with Gasteiger partial charge >= 0.3 is 0 Å². The summed E-state index contributed by atoms with van der Waals surface area (Å²) in [6.45, 7) is 3.08. The van der Waals surface area contributed by atoms with E-state index in [4.69, 9.17) is 11.6 Å². The molecular formula is C19H20ClN3O. The maximum atomic E-state index is 12.9. The Bertz CT molecular complexity index is 764. The van der Waals surface area contributed by atoms with Crippen molar-refractivity contribution < 1.29 is 4.79 Å². The van der Waals surface area contributed by atoms with E-state index in [1.54, 1.807) is 6.20 Å². The molecule has 2 aliphatic rings. The van der Waals surface area contributed by atoms with Crippen molar-refractivity contribution in [1.82, 2.24) is 9.88 Å². The summed E-state index contributed by atoms with van der Waals surface area (Å²) in [6.07, 6.45) is 3.56. The highest BCUT2D eigenvalue weighted by molar-refractivity contribution is 6.32. The van der Waals surface area contributed by atoms with Gasteiger partial charge in [0.15, 0.2) is 0 Å². The summed E-state index contributed by atoms with van der Waals surface area (Å²) in [7, 11) is 0. The Labute approximate surface area is 147 Å². The highest BCUT2D eigenvalue weighted by Gasteiger charge is 2.33. The van der Waals surface area contributed by atoms with Crippen molar-refractivity contribution in [1.29, 1.82) is 0 Å². The molecule has 0 radical (unpaired) electrons. The lowest BCUT2D eigenvalue weighted by Gasteiger charge is -2.31. The highest BCUT2D eigenvalue weighted by atomic mass is 35.5. The number of amides is 1. The number of nitrogens with zero attached hydrogens (tertiary/aromatic N) is 3. The normalized spacial score (nSPS) is 20.1. The van der Waals surface area contributed by atoms with Gasteiger partial charge < -0.3 is 9.80 Å². The van der Waals surface area contributed by atoms with Gasteiger partial charge in [-0.3, -0.25) is 4.79 Å². The molecule has 1 fully saturated rings. The molecule has 2 aromatic rings. The van der Waals surface area contributed by atoms with Gasteiger partial charge in [-0.05, 0) is 36.1 Å². The number of aromatic nitrogens is 1. The number of carbonyl (C=O) groups excluding carboxylic acids is 1. The van der Waals surface area contributed by atoms with Crippen LogP contribution >= 0.6 is 11.6 Å². The zero-order valence-corrected chi connectivity index (χ0v) is 14.2. The van der Waals surface area contributed by atoms with Gasteiger partial charge in [0.25, 0.3) is 0 Å². The van der Waals surface area contributed by atoms with Crippen molar-refractivity contribution in [3.05, 3.63) is 58.7 Å². The van der Waals surface area contributed by atoms with Crippen molar-refractivity contribution in [3.8, 4) is 0 Å². The molecule has 3 heterocycles. The van der Waals surface area contributed by atoms with Gasteiger partial charge in [-0.25, -0.2) is 4.98 Å². The Morgan fingerprint density at radius 3 is 2.79 bits per heavy atom. The first-order chi connectivity index (χ1) is 11.7. The fourth-order valence-corrected chi connectivity index (χ4v) is 3.95. The van der Waals surface area contributed by atoms with E-state index in [0.29, 0.717) is 11.6 Å². The van der Waals surface area contributed by atoms with E-state index in [-0.39, 0.29) is 11.8 Å². The van der Waals surface area contributed by atoms with Gasteiger partial charge in [-0.2, -0.15) is 0 Å². The number of halogens is 1. The first-order valence-corrected chi connectivity index (χ1v) is 8.81. The lowest BCUT2D eigenvalue weighted by Crippen LogP contribution is -2.40. The van der Waals surface area contributed by atoms with Crippen LogP contribution in [0.1, 0.15) is 17.5 Å². The van der Waals surface area contributed by atoms with E-state index in [1.165, 1.54) is 11.1 Å². The largest absolute Gasteiger partial charge is 0.355 e. The SMILES string of the molecule is O=C(C1CCN(c2ncccc2Cl)C1)N1CCc2ccccc2C1. The average Bonchev–Trinajstić information content (AvgIpc) is 3.11. The molecule has 4 nitrogen and oxygen atoms in total. The standard InChI is InChI=1S/C19H20ClN3O/c20-17-6-3-9-21-18(17)22-10-8-16(13-22)19(24)23-11-7-14-4-1-2-5-15(14)12-23/h1-6,9,16H,7-8,10-13H2. The predicted octanol–water partition coefficient (Wildman–Crippen LogP) is 3.15. The minimum absolute atomic E-state index is 0.0355. The van der Waals surface area contributed by atoms with Gasteiger partial charge in [0.1, 0.15) is 5.82 Å². The highest BCUT2D eigenvalue weighted by Crippen LogP contribution is 2.30. The molecule has 0 saturated carbocycles. The minimum atomic E-state index is 0.0355. The van der Waals surface area contributed by atoms with Gasteiger partial charge in [-0.15, -0.1) is 0 Å². The summed E-state index contributed by atoms with van der Waals surface area (Å²) in [5, 5.41) is 0.650. The number of benzene rings is 1. The number of hydrogen-bond donors (Lipinski definition) is 0. The fraction of sp³-hybridized carbons (Fsp3) is 0.368. The Morgan fingerprint density at radius 1 is 1.12 bits per heavy atom. The zero-order chi connectivity index (χ0) is 16.5. The third-order valence-corrected chi connectivity index (χ3v) is 5.31. The van der Waals surface area contributed by atoms with Crippen molar-refractivity contribution in [2.24, 2.45) is 5.92 Å². The molecule has 1 aromatic heterocycles. The van der Waals surface area contributed by atoms with Gasteiger partial charge in [0, 0.05) is 32.4 Å². The number of hydrogen-bond acceptors (Lipinski definition) is 3. The minimum Gasteiger partial charge on any atom is -0.355 e. The second-order valence-corrected chi connectivity index (χ2v) is 6.93. The van der Waals surface area contributed by atoms with E-state index < -0.39 is 0 Å². The van der Waals surface area contributed by atoms with E-state index in [9.17, 15) is 4.79 Å². The third kappa shape index (κ3) is 2.86. The van der Waals surface area contributed by atoms with Gasteiger partial charge in [0.05, 0.1) is 10.9 Å². The first-order valence-electron chi connectivity index (χ1n) is 8.43. The third-order valence-electron chi connectivity index (χ3n) is 5.02. The smallest absolute Gasteiger partial charge is 0.227 e. The van der Waals surface area contributed by atoms with Crippen molar-refractivity contribution >= 4 is 23.3 Å². The van der Waals surface area contributed by atoms with Crippen LogP contribution < -0.4 is 4.90 Å². The van der Waals surface area contributed by atoms with Crippen LogP contribution in [-0.4, -0.2) is 35.4 Å². The molecule has 2 aliphatic heterocycles. The predicted molar refractivity (Wildman–Crippen MR) is 95.1 cm³/mol. The maximum absolute atomic E-state index is 12.9. The van der Waals surface area contributed by atoms with E-state index in [0.717, 1.165) is 38.3 Å². The molecule has 24 heavy (non-hydrogen) atoms. The summed E-state index contributed by atoms with van der Waals surface area (Å²) >= 11 is 6.24. The van der Waals surface area contributed by atoms with Crippen molar-refractivity contribution in [3.63, 3.8) is 0 Å². The molecule has 1 atom stereocenters. The molecule has 1 unspecified atom stereocenters. The van der Waals surface area contributed by atoms with Crippen LogP contribution in [0.5, 0.6) is 0 Å². The molecule has 4 rings (SSSR count). The topological polar surface area (TPSA) is 36.4 Å². The molecule has 0 N–H and O–H groups in total. The Balaban J connectivity index is 1.44. The average molecular weight is 342 g/mol. The van der Waals surface area contributed by atoms with Crippen LogP contribution in [0.3, 0.4) is 0 Å². The molecule has 1 saturated heterocycles. The van der Waals surface area contributed by atoms with Crippen LogP contribution in [0.15, 0.2) is 42.6 Å². The molecule has 0 bridgehead atoms. The van der Waals surface area contributed by atoms with E-state index >= 15 is 0 Å². The summed E-state index contributed by atoms with van der Waals surface area (Å²) in [4.78, 5) is 21.4. The molecule has 1 aromatic carbocycles. The monoisotopic (exact) mass is 341 g/mol. The molecule has 0 spiro atoms. The van der Waals surface area contributed by atoms with Crippen LogP contribution in [0.2, 0.25) is 5.02 Å². The number of anilines is 1. The number of rotatable bonds is 2. The van der Waals surface area contributed by atoms with E-state index in [2.05, 4.69) is 28.1 Å². The zero-order valence-electron chi connectivity index (χ0n) is 13.5. The maximum Gasteiger partial charge on any atom is 0.227 e. The van der Waals surface area contributed by atoms with Crippen LogP contribution in [0, 0.1) is 5.92 Å². The quantitative estimate of drug-likeness (QED) is 0.842. The second kappa shape index (κ2) is 6.44. The number of fused-ring (bicyclic) bond motifs is 1.